The Kier molecular flexibility index (Phi) is 5.74. The Labute approximate surface area is 136 Å². The van der Waals surface area contributed by atoms with Gasteiger partial charge in [0, 0.05) is 19.2 Å². The maximum absolute atomic E-state index is 12.0. The van der Waals surface area contributed by atoms with Gasteiger partial charge in [-0.2, -0.15) is 0 Å². The predicted octanol–water partition coefficient (Wildman–Crippen LogP) is 2.92. The molecule has 0 aliphatic rings. The van der Waals surface area contributed by atoms with Crippen LogP contribution >= 0.6 is 0 Å². The number of amides is 2. The van der Waals surface area contributed by atoms with Crippen molar-refractivity contribution in [3.8, 4) is 0 Å². The molecular weight excluding hydrogens is 290 g/mol. The Hall–Kier alpha value is -2.82. The highest BCUT2D eigenvalue weighted by molar-refractivity contribution is 5.97. The second-order valence-corrected chi connectivity index (χ2v) is 5.09. The summed E-state index contributed by atoms with van der Waals surface area (Å²) >= 11 is 0. The van der Waals surface area contributed by atoms with Gasteiger partial charge in [-0.1, -0.05) is 37.3 Å². The summed E-state index contributed by atoms with van der Waals surface area (Å²) < 4.78 is 0. The average molecular weight is 311 g/mol. The Bertz CT molecular complexity index is 671. The van der Waals surface area contributed by atoms with Gasteiger partial charge in [-0.05, 0) is 24.3 Å². The summed E-state index contributed by atoms with van der Waals surface area (Å²) in [5, 5.41) is 5.41. The fraction of sp³-hybridized carbons (Fsp3) is 0.222. The Morgan fingerprint density at radius 3 is 2.30 bits per heavy atom. The molecule has 0 aliphatic carbocycles. The molecule has 0 atom stereocenters. The van der Waals surface area contributed by atoms with Crippen LogP contribution in [0.2, 0.25) is 0 Å². The number of rotatable bonds is 6. The van der Waals surface area contributed by atoms with E-state index in [1.54, 1.807) is 6.92 Å². The largest absolute Gasteiger partial charge is 0.347 e. The van der Waals surface area contributed by atoms with Crippen molar-refractivity contribution in [2.24, 2.45) is 0 Å². The van der Waals surface area contributed by atoms with Gasteiger partial charge < -0.3 is 15.5 Å². The smallest absolute Gasteiger partial charge is 0.243 e. The minimum atomic E-state index is -0.249. The van der Waals surface area contributed by atoms with Crippen LogP contribution in [0.3, 0.4) is 0 Å². The number of benzene rings is 2. The highest BCUT2D eigenvalue weighted by Gasteiger charge is 2.11. The fourth-order valence-electron chi connectivity index (χ4n) is 2.16. The molecule has 5 nitrogen and oxygen atoms in total. The van der Waals surface area contributed by atoms with Gasteiger partial charge in [0.15, 0.2) is 0 Å². The van der Waals surface area contributed by atoms with Crippen molar-refractivity contribution >= 4 is 28.9 Å². The van der Waals surface area contributed by atoms with Crippen LogP contribution in [0.15, 0.2) is 54.6 Å². The maximum Gasteiger partial charge on any atom is 0.243 e. The van der Waals surface area contributed by atoms with Crippen molar-refractivity contribution in [3.63, 3.8) is 0 Å². The van der Waals surface area contributed by atoms with E-state index < -0.39 is 0 Å². The minimum absolute atomic E-state index is 0.0317. The molecule has 2 aromatic carbocycles. The molecule has 2 amide bonds. The molecule has 2 N–H and O–H groups in total. The quantitative estimate of drug-likeness (QED) is 0.862. The van der Waals surface area contributed by atoms with Crippen LogP contribution in [0.5, 0.6) is 0 Å². The van der Waals surface area contributed by atoms with E-state index in [2.05, 4.69) is 10.6 Å². The number of hydrogen-bond donors (Lipinski definition) is 2. The van der Waals surface area contributed by atoms with Gasteiger partial charge in [0.1, 0.15) is 0 Å². The summed E-state index contributed by atoms with van der Waals surface area (Å²) in [7, 11) is 1.94. The summed E-state index contributed by atoms with van der Waals surface area (Å²) in [5.74, 6) is -0.393. The number of carbonyl (C=O) groups is 2. The molecule has 0 radical (unpaired) electrons. The molecule has 0 aliphatic heterocycles. The van der Waals surface area contributed by atoms with Crippen LogP contribution in [0.1, 0.15) is 13.3 Å². The number of nitrogens with one attached hydrogen (secondary N) is 2. The molecule has 120 valence electrons. The summed E-state index contributed by atoms with van der Waals surface area (Å²) in [5.41, 5.74) is 2.61. The van der Waals surface area contributed by atoms with Gasteiger partial charge in [-0.15, -0.1) is 0 Å². The first-order valence-corrected chi connectivity index (χ1v) is 7.56. The van der Waals surface area contributed by atoms with Gasteiger partial charge in [0.05, 0.1) is 17.9 Å². The van der Waals surface area contributed by atoms with Gasteiger partial charge in [0.2, 0.25) is 11.8 Å². The minimum Gasteiger partial charge on any atom is -0.347 e. The van der Waals surface area contributed by atoms with E-state index in [0.717, 1.165) is 11.4 Å². The lowest BCUT2D eigenvalue weighted by molar-refractivity contribution is -0.123. The highest BCUT2D eigenvalue weighted by Crippen LogP contribution is 2.30. The van der Waals surface area contributed by atoms with Crippen molar-refractivity contribution < 1.29 is 9.59 Å². The van der Waals surface area contributed by atoms with E-state index in [-0.39, 0.29) is 18.4 Å². The van der Waals surface area contributed by atoms with Gasteiger partial charge in [-0.25, -0.2) is 0 Å². The molecule has 0 saturated heterocycles. The Balaban J connectivity index is 2.11. The van der Waals surface area contributed by atoms with Crippen molar-refractivity contribution in [1.29, 1.82) is 0 Å². The summed E-state index contributed by atoms with van der Waals surface area (Å²) in [6.45, 7) is 1.72. The van der Waals surface area contributed by atoms with E-state index in [4.69, 9.17) is 0 Å². The summed E-state index contributed by atoms with van der Waals surface area (Å²) in [4.78, 5) is 25.2. The van der Waals surface area contributed by atoms with Crippen molar-refractivity contribution in [2.75, 3.05) is 23.8 Å². The van der Waals surface area contributed by atoms with Gasteiger partial charge in [0.25, 0.3) is 0 Å². The molecule has 23 heavy (non-hydrogen) atoms. The number of hydrogen-bond acceptors (Lipinski definition) is 3. The fourth-order valence-corrected chi connectivity index (χ4v) is 2.16. The molecule has 5 heteroatoms. The third kappa shape index (κ3) is 4.57. The second kappa shape index (κ2) is 7.98. The molecule has 2 rings (SSSR count). The van der Waals surface area contributed by atoms with E-state index in [9.17, 15) is 9.59 Å². The molecule has 2 aromatic rings. The van der Waals surface area contributed by atoms with Gasteiger partial charge in [-0.3, -0.25) is 9.59 Å². The number of carbonyl (C=O) groups excluding carboxylic acids is 2. The van der Waals surface area contributed by atoms with E-state index >= 15 is 0 Å². The second-order valence-electron chi connectivity index (χ2n) is 5.09. The van der Waals surface area contributed by atoms with E-state index in [0.29, 0.717) is 12.1 Å². The molecule has 0 aromatic heterocycles. The van der Waals surface area contributed by atoms with Crippen LogP contribution in [0, 0.1) is 0 Å². The lowest BCUT2D eigenvalue weighted by Gasteiger charge is -2.22. The molecule has 0 fully saturated rings. The van der Waals surface area contributed by atoms with Crippen molar-refractivity contribution in [3.05, 3.63) is 54.6 Å². The molecule has 0 saturated carbocycles. The average Bonchev–Trinajstić information content (AvgIpc) is 2.60. The molecule has 0 unspecified atom stereocenters. The first-order valence-electron chi connectivity index (χ1n) is 7.56. The monoisotopic (exact) mass is 311 g/mol. The van der Waals surface area contributed by atoms with E-state index in [1.165, 1.54) is 0 Å². The van der Waals surface area contributed by atoms with Gasteiger partial charge >= 0.3 is 0 Å². The lowest BCUT2D eigenvalue weighted by Crippen LogP contribution is -2.32. The van der Waals surface area contributed by atoms with Crippen LogP contribution < -0.4 is 15.5 Å². The first-order chi connectivity index (χ1) is 11.1. The molecule has 0 heterocycles. The zero-order chi connectivity index (χ0) is 16.7. The van der Waals surface area contributed by atoms with Crippen LogP contribution in [0.4, 0.5) is 17.1 Å². The summed E-state index contributed by atoms with van der Waals surface area (Å²) in [6, 6.07) is 17.5. The summed E-state index contributed by atoms with van der Waals surface area (Å²) in [6.07, 6.45) is 0.362. The number of nitrogens with zero attached hydrogens (tertiary/aromatic N) is 1. The standard InChI is InChI=1S/C18H21N3O2/c1-3-17(22)19-13-18(23)20-15-11-7-8-12-16(15)21(2)14-9-5-4-6-10-14/h4-12H,3,13H2,1-2H3,(H,19,22)(H,20,23). The topological polar surface area (TPSA) is 61.4 Å². The first kappa shape index (κ1) is 16.5. The zero-order valence-corrected chi connectivity index (χ0v) is 13.4. The SMILES string of the molecule is CCC(=O)NCC(=O)Nc1ccccc1N(C)c1ccccc1. The molecule has 0 spiro atoms. The normalized spacial score (nSPS) is 10.0. The highest BCUT2D eigenvalue weighted by atomic mass is 16.2. The van der Waals surface area contributed by atoms with E-state index in [1.807, 2.05) is 66.5 Å². The Morgan fingerprint density at radius 1 is 0.957 bits per heavy atom. The maximum atomic E-state index is 12.0. The van der Waals surface area contributed by atoms with Crippen molar-refractivity contribution in [1.82, 2.24) is 5.32 Å². The lowest BCUT2D eigenvalue weighted by atomic mass is 10.2. The van der Waals surface area contributed by atoms with Crippen LogP contribution in [-0.4, -0.2) is 25.4 Å². The molecule has 0 bridgehead atoms. The number of para-hydroxylation sites is 3. The van der Waals surface area contributed by atoms with Crippen LogP contribution in [-0.2, 0) is 9.59 Å². The van der Waals surface area contributed by atoms with Crippen LogP contribution in [0.25, 0.3) is 0 Å². The third-order valence-electron chi connectivity index (χ3n) is 3.45. The third-order valence-corrected chi connectivity index (χ3v) is 3.45. The predicted molar refractivity (Wildman–Crippen MR) is 92.9 cm³/mol. The zero-order valence-electron chi connectivity index (χ0n) is 13.4. The molecular formula is C18H21N3O2. The Morgan fingerprint density at radius 2 is 1.61 bits per heavy atom. The van der Waals surface area contributed by atoms with Crippen molar-refractivity contribution in [2.45, 2.75) is 13.3 Å². The number of anilines is 3.